The molecule has 2 N–H and O–H groups in total. The minimum absolute atomic E-state index is 0.0831. The summed E-state index contributed by atoms with van der Waals surface area (Å²) in [5.41, 5.74) is 6.10. The van der Waals surface area contributed by atoms with Crippen molar-refractivity contribution < 1.29 is 9.90 Å². The van der Waals surface area contributed by atoms with Gasteiger partial charge in [-0.1, -0.05) is 54.3 Å². The van der Waals surface area contributed by atoms with Gasteiger partial charge in [-0.3, -0.25) is 9.78 Å². The first-order chi connectivity index (χ1) is 13.1. The molecule has 1 aromatic heterocycles. The Labute approximate surface area is 158 Å². The second-order valence-corrected chi connectivity index (χ2v) is 6.13. The maximum atomic E-state index is 10.5. The Bertz CT molecular complexity index is 984. The lowest BCUT2D eigenvalue weighted by atomic mass is 9.96. The third kappa shape index (κ3) is 5.04. The fourth-order valence-corrected chi connectivity index (χ4v) is 2.74. The molecule has 0 radical (unpaired) electrons. The van der Waals surface area contributed by atoms with E-state index in [0.29, 0.717) is 6.54 Å². The molecular weight excluding hydrogens is 336 g/mol. The van der Waals surface area contributed by atoms with E-state index in [0.717, 1.165) is 22.4 Å². The fraction of sp³-hybridized carbons (Fsp3) is 0.130. The average Bonchev–Trinajstić information content (AvgIpc) is 2.69. The quantitative estimate of drug-likeness (QED) is 0.685. The number of aromatic nitrogens is 1. The second kappa shape index (κ2) is 8.79. The molecule has 134 valence electrons. The maximum Gasteiger partial charge on any atom is 0.317 e. The number of pyridine rings is 1. The summed E-state index contributed by atoms with van der Waals surface area (Å²) in [6.07, 6.45) is 1.71. The molecule has 0 unspecified atom stereocenters. The van der Waals surface area contributed by atoms with Crippen LogP contribution >= 0.6 is 0 Å². The molecular formula is C23H20N2O2. The van der Waals surface area contributed by atoms with Gasteiger partial charge in [0.1, 0.15) is 0 Å². The third-order valence-corrected chi connectivity index (χ3v) is 4.17. The van der Waals surface area contributed by atoms with Crippen molar-refractivity contribution in [3.63, 3.8) is 0 Å². The van der Waals surface area contributed by atoms with Gasteiger partial charge in [0, 0.05) is 23.9 Å². The summed E-state index contributed by atoms with van der Waals surface area (Å²) in [7, 11) is 0. The lowest BCUT2D eigenvalue weighted by Crippen LogP contribution is -2.22. The van der Waals surface area contributed by atoms with E-state index in [4.69, 9.17) is 5.11 Å². The van der Waals surface area contributed by atoms with Gasteiger partial charge in [0.05, 0.1) is 12.2 Å². The van der Waals surface area contributed by atoms with Gasteiger partial charge in [0.2, 0.25) is 0 Å². The van der Waals surface area contributed by atoms with Gasteiger partial charge in [0.15, 0.2) is 0 Å². The van der Waals surface area contributed by atoms with Crippen LogP contribution in [0.5, 0.6) is 0 Å². The number of hydrogen-bond acceptors (Lipinski definition) is 3. The molecule has 1 heterocycles. The van der Waals surface area contributed by atoms with Crippen LogP contribution in [0.1, 0.15) is 22.4 Å². The van der Waals surface area contributed by atoms with Gasteiger partial charge >= 0.3 is 5.97 Å². The standard InChI is InChI=1S/C23H20N2O2/c1-17-19(8-5-9-22(17)20-6-3-2-4-7-20)12-10-18-11-13-21(25-14-18)15-24-16-23(26)27/h2-9,11,13-14,24H,15-16H2,1H3,(H,26,27). The zero-order chi connectivity index (χ0) is 19.1. The first kappa shape index (κ1) is 18.4. The van der Waals surface area contributed by atoms with Crippen LogP contribution in [0.25, 0.3) is 11.1 Å². The molecule has 0 aliphatic carbocycles. The molecule has 27 heavy (non-hydrogen) atoms. The number of hydrogen-bond donors (Lipinski definition) is 2. The predicted octanol–water partition coefficient (Wildman–Crippen LogP) is 3.63. The fourth-order valence-electron chi connectivity index (χ4n) is 2.74. The number of aliphatic carboxylic acids is 1. The number of carbonyl (C=O) groups is 1. The molecule has 0 aliphatic heterocycles. The molecule has 0 amide bonds. The number of carboxylic acids is 1. The number of nitrogens with one attached hydrogen (secondary N) is 1. The number of nitrogens with zero attached hydrogens (tertiary/aromatic N) is 1. The molecule has 3 aromatic rings. The molecule has 0 aliphatic rings. The molecule has 3 rings (SSSR count). The minimum atomic E-state index is -0.884. The molecule has 0 fully saturated rings. The first-order valence-electron chi connectivity index (χ1n) is 8.68. The monoisotopic (exact) mass is 356 g/mol. The van der Waals surface area contributed by atoms with Crippen LogP contribution in [-0.4, -0.2) is 22.6 Å². The second-order valence-electron chi connectivity index (χ2n) is 6.13. The van der Waals surface area contributed by atoms with Gasteiger partial charge in [-0.15, -0.1) is 0 Å². The van der Waals surface area contributed by atoms with E-state index in [1.807, 2.05) is 42.5 Å². The van der Waals surface area contributed by atoms with Crippen LogP contribution < -0.4 is 5.32 Å². The molecule has 0 bridgehead atoms. The highest BCUT2D eigenvalue weighted by Crippen LogP contribution is 2.25. The summed E-state index contributed by atoms with van der Waals surface area (Å²) in [4.78, 5) is 14.8. The van der Waals surface area contributed by atoms with Crippen molar-refractivity contribution in [2.45, 2.75) is 13.5 Å². The summed E-state index contributed by atoms with van der Waals surface area (Å²) >= 11 is 0. The summed E-state index contributed by atoms with van der Waals surface area (Å²) < 4.78 is 0. The largest absolute Gasteiger partial charge is 0.480 e. The molecule has 0 atom stereocenters. The summed E-state index contributed by atoms with van der Waals surface area (Å²) in [5, 5.41) is 11.4. The van der Waals surface area contributed by atoms with Crippen molar-refractivity contribution in [2.75, 3.05) is 6.54 Å². The topological polar surface area (TPSA) is 62.2 Å². The van der Waals surface area contributed by atoms with Crippen molar-refractivity contribution >= 4 is 5.97 Å². The first-order valence-corrected chi connectivity index (χ1v) is 8.68. The highest BCUT2D eigenvalue weighted by molar-refractivity contribution is 5.70. The van der Waals surface area contributed by atoms with Crippen molar-refractivity contribution in [2.24, 2.45) is 0 Å². The van der Waals surface area contributed by atoms with Crippen LogP contribution in [0.15, 0.2) is 66.9 Å². The van der Waals surface area contributed by atoms with Crippen LogP contribution in [0.2, 0.25) is 0 Å². The normalized spacial score (nSPS) is 10.1. The van der Waals surface area contributed by atoms with E-state index < -0.39 is 5.97 Å². The van der Waals surface area contributed by atoms with Crippen LogP contribution in [-0.2, 0) is 11.3 Å². The van der Waals surface area contributed by atoms with E-state index in [2.05, 4.69) is 47.3 Å². The third-order valence-electron chi connectivity index (χ3n) is 4.17. The summed E-state index contributed by atoms with van der Waals surface area (Å²) in [6.45, 7) is 2.42. The van der Waals surface area contributed by atoms with Crippen molar-refractivity contribution in [3.05, 3.63) is 89.2 Å². The van der Waals surface area contributed by atoms with E-state index in [-0.39, 0.29) is 6.54 Å². The van der Waals surface area contributed by atoms with Crippen LogP contribution in [0.4, 0.5) is 0 Å². The number of rotatable bonds is 5. The Morgan fingerprint density at radius 2 is 1.85 bits per heavy atom. The minimum Gasteiger partial charge on any atom is -0.480 e. The Morgan fingerprint density at radius 3 is 2.56 bits per heavy atom. The van der Waals surface area contributed by atoms with Gasteiger partial charge in [-0.05, 0) is 41.8 Å². The highest BCUT2D eigenvalue weighted by Gasteiger charge is 2.04. The summed E-state index contributed by atoms with van der Waals surface area (Å²) in [5.74, 6) is 5.50. The molecule has 2 aromatic carbocycles. The van der Waals surface area contributed by atoms with Gasteiger partial charge in [-0.25, -0.2) is 0 Å². The maximum absolute atomic E-state index is 10.5. The lowest BCUT2D eigenvalue weighted by Gasteiger charge is -2.07. The Balaban J connectivity index is 1.75. The van der Waals surface area contributed by atoms with E-state index in [1.54, 1.807) is 6.20 Å². The van der Waals surface area contributed by atoms with Gasteiger partial charge < -0.3 is 10.4 Å². The Morgan fingerprint density at radius 1 is 1.04 bits per heavy atom. The molecule has 0 saturated carbocycles. The Hall–Kier alpha value is -3.42. The average molecular weight is 356 g/mol. The van der Waals surface area contributed by atoms with E-state index in [1.165, 1.54) is 11.1 Å². The van der Waals surface area contributed by atoms with Gasteiger partial charge in [-0.2, -0.15) is 0 Å². The number of carboxylic acid groups (broad SMARTS) is 1. The Kier molecular flexibility index (Phi) is 5.98. The van der Waals surface area contributed by atoms with Crippen LogP contribution in [0, 0.1) is 18.8 Å². The van der Waals surface area contributed by atoms with Crippen molar-refractivity contribution in [1.29, 1.82) is 0 Å². The summed E-state index contributed by atoms with van der Waals surface area (Å²) in [6, 6.07) is 20.2. The highest BCUT2D eigenvalue weighted by atomic mass is 16.4. The zero-order valence-electron chi connectivity index (χ0n) is 15.1. The van der Waals surface area contributed by atoms with Crippen molar-refractivity contribution in [1.82, 2.24) is 10.3 Å². The van der Waals surface area contributed by atoms with E-state index >= 15 is 0 Å². The molecule has 4 nitrogen and oxygen atoms in total. The lowest BCUT2D eigenvalue weighted by molar-refractivity contribution is -0.136. The molecule has 0 saturated heterocycles. The van der Waals surface area contributed by atoms with E-state index in [9.17, 15) is 4.79 Å². The molecule has 0 spiro atoms. The number of benzene rings is 2. The van der Waals surface area contributed by atoms with Crippen molar-refractivity contribution in [3.8, 4) is 23.0 Å². The zero-order valence-corrected chi connectivity index (χ0v) is 15.1. The smallest absolute Gasteiger partial charge is 0.317 e. The van der Waals surface area contributed by atoms with Gasteiger partial charge in [0.25, 0.3) is 0 Å². The SMILES string of the molecule is Cc1c(C#Cc2ccc(CNCC(=O)O)nc2)cccc1-c1ccccc1. The molecule has 4 heteroatoms. The predicted molar refractivity (Wildman–Crippen MR) is 106 cm³/mol. The van der Waals surface area contributed by atoms with Crippen LogP contribution in [0.3, 0.4) is 0 Å².